The molecule has 0 fully saturated rings. The number of rotatable bonds is 6. The van der Waals surface area contributed by atoms with Gasteiger partial charge in [0.2, 0.25) is 0 Å². The number of pyridine rings is 1. The maximum Gasteiger partial charge on any atom is 0.267 e. The fourth-order valence-corrected chi connectivity index (χ4v) is 2.68. The van der Waals surface area contributed by atoms with E-state index >= 15 is 0 Å². The van der Waals surface area contributed by atoms with Crippen molar-refractivity contribution in [2.75, 3.05) is 0 Å². The highest BCUT2D eigenvalue weighted by Crippen LogP contribution is 2.16. The monoisotopic (exact) mass is 363 g/mol. The number of amides is 2. The maximum atomic E-state index is 14.1. The lowest BCUT2D eigenvalue weighted by atomic mass is 10.1. The van der Waals surface area contributed by atoms with Gasteiger partial charge in [0.05, 0.1) is 5.56 Å². The predicted molar refractivity (Wildman–Crippen MR) is 99.2 cm³/mol. The summed E-state index contributed by atoms with van der Waals surface area (Å²) in [6.07, 6.45) is 1.31. The van der Waals surface area contributed by atoms with Crippen LogP contribution in [-0.2, 0) is 13.1 Å². The quantitative estimate of drug-likeness (QED) is 0.731. The Morgan fingerprint density at radius 2 is 1.63 bits per heavy atom. The summed E-state index contributed by atoms with van der Waals surface area (Å²) in [7, 11) is 0. The lowest BCUT2D eigenvalue weighted by Crippen LogP contribution is -2.30. The topological polar surface area (TPSA) is 76.3 Å². The molecule has 0 saturated heterocycles. The lowest BCUT2D eigenvalue weighted by Gasteiger charge is -2.23. The number of carbonyl (C=O) groups excluding carboxylic acids is 2. The molecule has 136 valence electrons. The van der Waals surface area contributed by atoms with Gasteiger partial charge in [0.25, 0.3) is 11.8 Å². The van der Waals surface area contributed by atoms with Crippen molar-refractivity contribution in [3.8, 4) is 0 Å². The minimum Gasteiger partial charge on any atom is -0.364 e. The van der Waals surface area contributed by atoms with Crippen LogP contribution in [0.15, 0.2) is 72.9 Å². The summed E-state index contributed by atoms with van der Waals surface area (Å²) in [5.41, 5.74) is 6.90. The van der Waals surface area contributed by atoms with E-state index in [0.29, 0.717) is 17.7 Å². The Bertz CT molecular complexity index is 943. The second-order valence-corrected chi connectivity index (χ2v) is 6.03. The van der Waals surface area contributed by atoms with Gasteiger partial charge < -0.3 is 10.6 Å². The number of carbonyl (C=O) groups is 2. The van der Waals surface area contributed by atoms with Gasteiger partial charge in [-0.15, -0.1) is 0 Å². The Balaban J connectivity index is 1.89. The molecular weight excluding hydrogens is 345 g/mol. The summed E-state index contributed by atoms with van der Waals surface area (Å²) in [5, 5.41) is 0. The molecule has 0 spiro atoms. The molecule has 3 rings (SSSR count). The third-order valence-corrected chi connectivity index (χ3v) is 4.09. The van der Waals surface area contributed by atoms with Crippen molar-refractivity contribution in [2.45, 2.75) is 13.1 Å². The number of benzene rings is 2. The Kier molecular flexibility index (Phi) is 5.56. The molecule has 2 amide bonds. The molecule has 1 aromatic heterocycles. The number of halogens is 1. The van der Waals surface area contributed by atoms with E-state index in [1.165, 1.54) is 29.3 Å². The maximum absolute atomic E-state index is 14.1. The fourth-order valence-electron chi connectivity index (χ4n) is 2.68. The highest BCUT2D eigenvalue weighted by atomic mass is 19.1. The normalized spacial score (nSPS) is 10.4. The molecule has 2 aromatic carbocycles. The van der Waals surface area contributed by atoms with Crippen LogP contribution in [0.1, 0.15) is 32.0 Å². The van der Waals surface area contributed by atoms with Crippen LogP contribution in [0.5, 0.6) is 0 Å². The molecular formula is C21H18FN3O2. The van der Waals surface area contributed by atoms with E-state index in [9.17, 15) is 14.0 Å². The molecule has 3 aromatic rings. The summed E-state index contributed by atoms with van der Waals surface area (Å²) in [6, 6.07) is 18.7. The number of nitrogens with two attached hydrogens (primary N) is 1. The van der Waals surface area contributed by atoms with Gasteiger partial charge in [-0.05, 0) is 23.8 Å². The highest BCUT2D eigenvalue weighted by molar-refractivity contribution is 5.95. The van der Waals surface area contributed by atoms with Crippen LogP contribution in [-0.4, -0.2) is 21.7 Å². The van der Waals surface area contributed by atoms with Crippen molar-refractivity contribution >= 4 is 11.8 Å². The van der Waals surface area contributed by atoms with Gasteiger partial charge in [-0.2, -0.15) is 0 Å². The SMILES string of the molecule is NC(=O)c1ccc(C(=O)N(Cc2ccccc2)Cc2ccccc2F)cn1. The average molecular weight is 363 g/mol. The van der Waals surface area contributed by atoms with Crippen molar-refractivity contribution in [3.05, 3.63) is 101 Å². The zero-order chi connectivity index (χ0) is 19.2. The van der Waals surface area contributed by atoms with Crippen molar-refractivity contribution in [3.63, 3.8) is 0 Å². The number of primary amides is 1. The summed E-state index contributed by atoms with van der Waals surface area (Å²) in [5.74, 6) is -1.35. The van der Waals surface area contributed by atoms with Crippen molar-refractivity contribution < 1.29 is 14.0 Å². The third kappa shape index (κ3) is 4.55. The van der Waals surface area contributed by atoms with Crippen LogP contribution in [0.3, 0.4) is 0 Å². The minimum absolute atomic E-state index is 0.0789. The molecule has 5 nitrogen and oxygen atoms in total. The first-order chi connectivity index (χ1) is 13.0. The first-order valence-electron chi connectivity index (χ1n) is 8.37. The number of hydrogen-bond donors (Lipinski definition) is 1. The van der Waals surface area contributed by atoms with Gasteiger partial charge in [-0.3, -0.25) is 14.6 Å². The summed E-state index contributed by atoms with van der Waals surface area (Å²) in [6.45, 7) is 0.420. The Morgan fingerprint density at radius 1 is 0.926 bits per heavy atom. The van der Waals surface area contributed by atoms with E-state index in [2.05, 4.69) is 4.98 Å². The van der Waals surface area contributed by atoms with Crippen molar-refractivity contribution in [1.82, 2.24) is 9.88 Å². The van der Waals surface area contributed by atoms with Crippen molar-refractivity contribution in [1.29, 1.82) is 0 Å². The predicted octanol–water partition coefficient (Wildman–Crippen LogP) is 3.16. The Labute approximate surface area is 156 Å². The summed E-state index contributed by atoms with van der Waals surface area (Å²) < 4.78 is 14.1. The zero-order valence-corrected chi connectivity index (χ0v) is 14.5. The molecule has 0 saturated carbocycles. The smallest absolute Gasteiger partial charge is 0.267 e. The van der Waals surface area contributed by atoms with E-state index in [1.54, 1.807) is 18.2 Å². The standard InChI is InChI=1S/C21H18FN3O2/c22-18-9-5-4-8-17(18)14-25(13-15-6-2-1-3-7-15)21(27)16-10-11-19(20(23)26)24-12-16/h1-12H,13-14H2,(H2,23,26). The molecule has 0 aliphatic carbocycles. The van der Waals surface area contributed by atoms with E-state index in [-0.39, 0.29) is 24.0 Å². The van der Waals surface area contributed by atoms with Crippen LogP contribution in [0.25, 0.3) is 0 Å². The molecule has 6 heteroatoms. The minimum atomic E-state index is -0.665. The molecule has 1 heterocycles. The number of nitrogens with zero attached hydrogens (tertiary/aromatic N) is 2. The second kappa shape index (κ2) is 8.23. The van der Waals surface area contributed by atoms with Gasteiger partial charge >= 0.3 is 0 Å². The van der Waals surface area contributed by atoms with E-state index in [0.717, 1.165) is 5.56 Å². The molecule has 0 radical (unpaired) electrons. The van der Waals surface area contributed by atoms with Crippen LogP contribution in [0, 0.1) is 5.82 Å². The summed E-state index contributed by atoms with van der Waals surface area (Å²) in [4.78, 5) is 29.6. The van der Waals surface area contributed by atoms with Crippen LogP contribution in [0.2, 0.25) is 0 Å². The van der Waals surface area contributed by atoms with Crippen molar-refractivity contribution in [2.24, 2.45) is 5.73 Å². The lowest BCUT2D eigenvalue weighted by molar-refractivity contribution is 0.0727. The van der Waals surface area contributed by atoms with Gasteiger partial charge in [-0.1, -0.05) is 48.5 Å². The second-order valence-electron chi connectivity index (χ2n) is 6.03. The van der Waals surface area contributed by atoms with Crippen LogP contribution < -0.4 is 5.73 Å². The molecule has 0 atom stereocenters. The van der Waals surface area contributed by atoms with Gasteiger partial charge in [-0.25, -0.2) is 4.39 Å². The van der Waals surface area contributed by atoms with Crippen LogP contribution in [0.4, 0.5) is 4.39 Å². The molecule has 0 bridgehead atoms. The third-order valence-electron chi connectivity index (χ3n) is 4.09. The Morgan fingerprint density at radius 3 is 2.26 bits per heavy atom. The van der Waals surface area contributed by atoms with Gasteiger partial charge in [0.15, 0.2) is 0 Å². The first-order valence-corrected chi connectivity index (χ1v) is 8.37. The zero-order valence-electron chi connectivity index (χ0n) is 14.5. The van der Waals surface area contributed by atoms with Crippen LogP contribution >= 0.6 is 0 Å². The molecule has 2 N–H and O–H groups in total. The highest BCUT2D eigenvalue weighted by Gasteiger charge is 2.19. The number of aromatic nitrogens is 1. The van der Waals surface area contributed by atoms with Gasteiger partial charge in [0.1, 0.15) is 11.5 Å². The molecule has 27 heavy (non-hydrogen) atoms. The molecule has 0 unspecified atom stereocenters. The Hall–Kier alpha value is -3.54. The van der Waals surface area contributed by atoms with E-state index in [4.69, 9.17) is 5.73 Å². The largest absolute Gasteiger partial charge is 0.364 e. The van der Waals surface area contributed by atoms with E-state index < -0.39 is 5.91 Å². The van der Waals surface area contributed by atoms with E-state index in [1.807, 2.05) is 30.3 Å². The van der Waals surface area contributed by atoms with Gasteiger partial charge in [0, 0.05) is 24.8 Å². The molecule has 0 aliphatic heterocycles. The number of hydrogen-bond acceptors (Lipinski definition) is 3. The fraction of sp³-hybridized carbons (Fsp3) is 0.0952. The summed E-state index contributed by atoms with van der Waals surface area (Å²) >= 11 is 0. The average Bonchev–Trinajstić information content (AvgIpc) is 2.69. The first kappa shape index (κ1) is 18.3. The molecule has 0 aliphatic rings.